The van der Waals surface area contributed by atoms with Crippen LogP contribution < -0.4 is 10.6 Å². The molecule has 1 aliphatic heterocycles. The van der Waals surface area contributed by atoms with Crippen molar-refractivity contribution in [2.45, 2.75) is 32.1 Å². The van der Waals surface area contributed by atoms with Crippen molar-refractivity contribution in [1.29, 1.82) is 5.26 Å². The molecule has 8 heteroatoms. The molecule has 0 spiro atoms. The van der Waals surface area contributed by atoms with E-state index in [0.29, 0.717) is 36.9 Å². The van der Waals surface area contributed by atoms with E-state index in [9.17, 15) is 4.79 Å². The van der Waals surface area contributed by atoms with Crippen molar-refractivity contribution in [3.63, 3.8) is 0 Å². The molecule has 1 aliphatic rings. The molecule has 0 saturated carbocycles. The minimum absolute atomic E-state index is 0.0689. The lowest BCUT2D eigenvalue weighted by Crippen LogP contribution is -2.35. The van der Waals surface area contributed by atoms with Crippen LogP contribution in [0.1, 0.15) is 37.7 Å². The van der Waals surface area contributed by atoms with Gasteiger partial charge in [-0.25, -0.2) is 5.01 Å². The second kappa shape index (κ2) is 10.4. The Kier molecular flexibility index (Phi) is 7.90. The fraction of sp³-hybridized carbons (Fsp3) is 0.444. The molecule has 0 aromatic heterocycles. The van der Waals surface area contributed by atoms with Gasteiger partial charge in [-0.1, -0.05) is 23.7 Å². The third-order valence-electron chi connectivity index (χ3n) is 4.02. The van der Waals surface area contributed by atoms with Crippen LogP contribution in [0.3, 0.4) is 0 Å². The maximum absolute atomic E-state index is 12.1. The van der Waals surface area contributed by atoms with Gasteiger partial charge in [0, 0.05) is 38.0 Å². The lowest BCUT2D eigenvalue weighted by atomic mass is 10.0. The Labute approximate surface area is 158 Å². The molecule has 0 saturated heterocycles. The highest BCUT2D eigenvalue weighted by molar-refractivity contribution is 6.30. The summed E-state index contributed by atoms with van der Waals surface area (Å²) in [5.74, 6) is 0.537. The first-order valence-electron chi connectivity index (χ1n) is 8.63. The van der Waals surface area contributed by atoms with Crippen LogP contribution in [0.4, 0.5) is 0 Å². The second-order valence-corrected chi connectivity index (χ2v) is 6.30. The van der Waals surface area contributed by atoms with E-state index < -0.39 is 0 Å². The minimum Gasteiger partial charge on any atom is -0.356 e. The van der Waals surface area contributed by atoms with E-state index in [1.807, 2.05) is 30.5 Å². The zero-order valence-corrected chi connectivity index (χ0v) is 15.6. The molecular weight excluding hydrogens is 352 g/mol. The Morgan fingerprint density at radius 2 is 2.08 bits per heavy atom. The number of aliphatic imine (C=N–C) groups is 1. The smallest absolute Gasteiger partial charge is 0.243 e. The number of halogens is 1. The highest BCUT2D eigenvalue weighted by atomic mass is 35.5. The number of hydrogen-bond donors (Lipinski definition) is 2. The van der Waals surface area contributed by atoms with E-state index in [2.05, 4.69) is 20.7 Å². The average Bonchev–Trinajstić information content (AvgIpc) is 2.65. The van der Waals surface area contributed by atoms with Gasteiger partial charge in [-0.2, -0.15) is 10.4 Å². The summed E-state index contributed by atoms with van der Waals surface area (Å²) in [5.41, 5.74) is 1.93. The highest BCUT2D eigenvalue weighted by Gasteiger charge is 2.20. The average molecular weight is 375 g/mol. The Morgan fingerprint density at radius 3 is 2.77 bits per heavy atom. The predicted octanol–water partition coefficient (Wildman–Crippen LogP) is 2.48. The molecule has 1 aromatic carbocycles. The molecule has 7 nitrogen and oxygen atoms in total. The SMILES string of the molecule is C/N=C(\NC#N)NCCCCCN1N=C(c2ccc(Cl)cc2)CCC1=O. The van der Waals surface area contributed by atoms with Crippen molar-refractivity contribution in [1.82, 2.24) is 15.6 Å². The summed E-state index contributed by atoms with van der Waals surface area (Å²) < 4.78 is 0. The first-order valence-corrected chi connectivity index (χ1v) is 9.01. The van der Waals surface area contributed by atoms with Gasteiger partial charge in [0.2, 0.25) is 11.9 Å². The maximum atomic E-state index is 12.1. The van der Waals surface area contributed by atoms with Crippen molar-refractivity contribution in [3.8, 4) is 6.19 Å². The van der Waals surface area contributed by atoms with E-state index in [0.717, 1.165) is 30.5 Å². The van der Waals surface area contributed by atoms with Gasteiger partial charge in [-0.15, -0.1) is 0 Å². The molecule has 0 radical (unpaired) electrons. The molecule has 0 bridgehead atoms. The zero-order valence-electron chi connectivity index (χ0n) is 14.8. The van der Waals surface area contributed by atoms with Crippen molar-refractivity contribution in [2.24, 2.45) is 10.1 Å². The lowest BCUT2D eigenvalue weighted by molar-refractivity contribution is -0.131. The number of guanidine groups is 1. The summed E-state index contributed by atoms with van der Waals surface area (Å²) >= 11 is 5.92. The van der Waals surface area contributed by atoms with E-state index >= 15 is 0 Å². The van der Waals surface area contributed by atoms with E-state index in [1.165, 1.54) is 0 Å². The third-order valence-corrected chi connectivity index (χ3v) is 4.27. The summed E-state index contributed by atoms with van der Waals surface area (Å²) in [6.07, 6.45) is 5.71. The van der Waals surface area contributed by atoms with Gasteiger partial charge < -0.3 is 5.32 Å². The molecule has 2 rings (SSSR count). The summed E-state index contributed by atoms with van der Waals surface area (Å²) in [6.45, 7) is 1.33. The maximum Gasteiger partial charge on any atom is 0.243 e. The number of carbonyl (C=O) groups excluding carboxylic acids is 1. The molecule has 1 heterocycles. The number of amides is 1. The second-order valence-electron chi connectivity index (χ2n) is 5.87. The van der Waals surface area contributed by atoms with Crippen molar-refractivity contribution < 1.29 is 4.79 Å². The number of benzene rings is 1. The largest absolute Gasteiger partial charge is 0.356 e. The van der Waals surface area contributed by atoms with Crippen molar-refractivity contribution in [3.05, 3.63) is 34.9 Å². The van der Waals surface area contributed by atoms with Crippen LogP contribution in [-0.2, 0) is 4.79 Å². The molecular formula is C18H23ClN6O. The third kappa shape index (κ3) is 6.05. The topological polar surface area (TPSA) is 92.9 Å². The molecule has 1 amide bonds. The molecule has 0 fully saturated rings. The van der Waals surface area contributed by atoms with Crippen LogP contribution in [0.15, 0.2) is 34.4 Å². The van der Waals surface area contributed by atoms with E-state index in [1.54, 1.807) is 12.1 Å². The molecule has 1 aromatic rings. The van der Waals surface area contributed by atoms with E-state index in [-0.39, 0.29) is 5.91 Å². The molecule has 0 aliphatic carbocycles. The first kappa shape index (κ1) is 19.7. The van der Waals surface area contributed by atoms with Gasteiger partial charge in [-0.05, 0) is 37.0 Å². The van der Waals surface area contributed by atoms with Crippen LogP contribution in [0.25, 0.3) is 0 Å². The first-order chi connectivity index (χ1) is 12.6. The van der Waals surface area contributed by atoms with Gasteiger partial charge >= 0.3 is 0 Å². The van der Waals surface area contributed by atoms with Gasteiger partial charge in [-0.3, -0.25) is 15.1 Å². The van der Waals surface area contributed by atoms with Gasteiger partial charge in [0.05, 0.1) is 5.71 Å². The Morgan fingerprint density at radius 1 is 1.31 bits per heavy atom. The summed E-state index contributed by atoms with van der Waals surface area (Å²) in [5, 5.41) is 20.9. The summed E-state index contributed by atoms with van der Waals surface area (Å²) in [6, 6.07) is 7.54. The predicted molar refractivity (Wildman–Crippen MR) is 103 cm³/mol. The summed E-state index contributed by atoms with van der Waals surface area (Å²) in [4.78, 5) is 16.0. The number of nitriles is 1. The van der Waals surface area contributed by atoms with E-state index in [4.69, 9.17) is 16.9 Å². The fourth-order valence-electron chi connectivity index (χ4n) is 2.63. The summed E-state index contributed by atoms with van der Waals surface area (Å²) in [7, 11) is 1.62. The zero-order chi connectivity index (χ0) is 18.8. The van der Waals surface area contributed by atoms with Crippen LogP contribution in [0, 0.1) is 11.5 Å². The van der Waals surface area contributed by atoms with Gasteiger partial charge in [0.15, 0.2) is 6.19 Å². The number of carbonyl (C=O) groups is 1. The Bertz CT molecular complexity index is 707. The molecule has 0 atom stereocenters. The number of unbranched alkanes of at least 4 members (excludes halogenated alkanes) is 2. The molecule has 138 valence electrons. The normalized spacial score (nSPS) is 14.7. The molecule has 2 N–H and O–H groups in total. The van der Waals surface area contributed by atoms with Gasteiger partial charge in [0.1, 0.15) is 0 Å². The highest BCUT2D eigenvalue weighted by Crippen LogP contribution is 2.18. The number of hydrazone groups is 1. The standard InChI is InChI=1S/C18H23ClN6O/c1-21-18(23-13-20)22-11-3-2-4-12-25-17(26)10-9-16(24-25)14-5-7-15(19)8-6-14/h5-8H,2-4,9-12H2,1H3,(H2,21,22,23). The number of nitrogens with one attached hydrogen (secondary N) is 2. The molecule has 26 heavy (non-hydrogen) atoms. The van der Waals surface area contributed by atoms with Crippen LogP contribution >= 0.6 is 11.6 Å². The fourth-order valence-corrected chi connectivity index (χ4v) is 2.75. The monoisotopic (exact) mass is 374 g/mol. The van der Waals surface area contributed by atoms with Crippen molar-refractivity contribution in [2.75, 3.05) is 20.1 Å². The van der Waals surface area contributed by atoms with Crippen LogP contribution in [0.2, 0.25) is 5.02 Å². The number of nitrogens with zero attached hydrogens (tertiary/aromatic N) is 4. The van der Waals surface area contributed by atoms with Crippen LogP contribution in [0.5, 0.6) is 0 Å². The Hall–Kier alpha value is -2.59. The quantitative estimate of drug-likeness (QED) is 0.252. The molecule has 0 unspecified atom stereocenters. The number of hydrogen-bond acceptors (Lipinski definition) is 4. The van der Waals surface area contributed by atoms with Crippen molar-refractivity contribution >= 4 is 29.2 Å². The lowest BCUT2D eigenvalue weighted by Gasteiger charge is -2.23. The van der Waals surface area contributed by atoms with Crippen LogP contribution in [-0.4, -0.2) is 42.7 Å². The van der Waals surface area contributed by atoms with Gasteiger partial charge in [0.25, 0.3) is 0 Å². The minimum atomic E-state index is 0.0689. The number of rotatable bonds is 7. The Balaban J connectivity index is 1.77.